The molecular formula is C11H8ClNO6. The quantitative estimate of drug-likeness (QED) is 0.476. The van der Waals surface area contributed by atoms with E-state index < -0.39 is 28.7 Å². The lowest BCUT2D eigenvalue weighted by atomic mass is 10.2. The Hall–Kier alpha value is -2.15. The van der Waals surface area contributed by atoms with E-state index in [0.717, 1.165) is 6.07 Å². The normalized spacial score (nSPS) is 17.9. The number of rotatable bonds is 3. The summed E-state index contributed by atoms with van der Waals surface area (Å²) in [6, 6.07) is 3.52. The highest BCUT2D eigenvalue weighted by molar-refractivity contribution is 6.32. The summed E-state index contributed by atoms with van der Waals surface area (Å²) in [7, 11) is 0. The first kappa shape index (κ1) is 13.3. The Balaban J connectivity index is 2.17. The number of ether oxygens (including phenoxy) is 2. The number of halogens is 1. The van der Waals surface area contributed by atoms with Crippen molar-refractivity contribution in [3.05, 3.63) is 38.9 Å². The Morgan fingerprint density at radius 3 is 2.84 bits per heavy atom. The second-order valence-corrected chi connectivity index (χ2v) is 4.18. The van der Waals surface area contributed by atoms with E-state index >= 15 is 0 Å². The van der Waals surface area contributed by atoms with E-state index in [9.17, 15) is 19.7 Å². The molecule has 1 aromatic rings. The van der Waals surface area contributed by atoms with Gasteiger partial charge in [0.25, 0.3) is 5.69 Å². The van der Waals surface area contributed by atoms with E-state index in [1.165, 1.54) is 12.1 Å². The largest absolute Gasteiger partial charge is 0.463 e. The fraction of sp³-hybridized carbons (Fsp3) is 0.273. The third-order valence-electron chi connectivity index (χ3n) is 2.52. The maximum Gasteiger partial charge on any atom is 0.347 e. The van der Waals surface area contributed by atoms with Crippen LogP contribution in [0.25, 0.3) is 0 Å². The van der Waals surface area contributed by atoms with Gasteiger partial charge in [0.15, 0.2) is 0 Å². The number of nitro benzene ring substituents is 1. The molecule has 2 rings (SSSR count). The zero-order valence-corrected chi connectivity index (χ0v) is 10.3. The van der Waals surface area contributed by atoms with Crippen molar-refractivity contribution >= 4 is 29.2 Å². The Kier molecular flexibility index (Phi) is 3.66. The highest BCUT2D eigenvalue weighted by Gasteiger charge is 2.31. The van der Waals surface area contributed by atoms with Gasteiger partial charge in [-0.25, -0.2) is 9.59 Å². The Labute approximate surface area is 112 Å². The smallest absolute Gasteiger partial charge is 0.347 e. The van der Waals surface area contributed by atoms with Gasteiger partial charge < -0.3 is 9.47 Å². The summed E-state index contributed by atoms with van der Waals surface area (Å²) in [5.41, 5.74) is -0.444. The fourth-order valence-corrected chi connectivity index (χ4v) is 1.75. The van der Waals surface area contributed by atoms with Gasteiger partial charge in [-0.3, -0.25) is 10.1 Å². The van der Waals surface area contributed by atoms with Gasteiger partial charge in [0, 0.05) is 12.5 Å². The van der Waals surface area contributed by atoms with E-state index in [1.807, 2.05) is 0 Å². The second kappa shape index (κ2) is 5.23. The molecule has 1 heterocycles. The van der Waals surface area contributed by atoms with Crippen molar-refractivity contribution in [2.45, 2.75) is 12.5 Å². The van der Waals surface area contributed by atoms with Gasteiger partial charge in [0.05, 0.1) is 17.1 Å². The number of hydrogen-bond donors (Lipinski definition) is 0. The SMILES string of the molecule is O=C(O[C@@H]1CCOC1=O)c1ccc(Cl)c([N+](=O)[O-])c1. The second-order valence-electron chi connectivity index (χ2n) is 3.77. The molecule has 1 aliphatic rings. The van der Waals surface area contributed by atoms with E-state index in [1.54, 1.807) is 0 Å². The van der Waals surface area contributed by atoms with Gasteiger partial charge in [0.1, 0.15) is 5.02 Å². The van der Waals surface area contributed by atoms with Crippen LogP contribution in [0.15, 0.2) is 18.2 Å². The van der Waals surface area contributed by atoms with Crippen molar-refractivity contribution in [2.75, 3.05) is 6.61 Å². The molecule has 0 bridgehead atoms. The number of nitrogens with zero attached hydrogens (tertiary/aromatic N) is 1. The van der Waals surface area contributed by atoms with E-state index in [0.29, 0.717) is 0 Å². The zero-order chi connectivity index (χ0) is 14.0. The van der Waals surface area contributed by atoms with Crippen molar-refractivity contribution in [1.82, 2.24) is 0 Å². The monoisotopic (exact) mass is 285 g/mol. The third-order valence-corrected chi connectivity index (χ3v) is 2.83. The minimum Gasteiger partial charge on any atom is -0.463 e. The highest BCUT2D eigenvalue weighted by atomic mass is 35.5. The van der Waals surface area contributed by atoms with Crippen molar-refractivity contribution in [2.24, 2.45) is 0 Å². The maximum absolute atomic E-state index is 11.7. The van der Waals surface area contributed by atoms with Gasteiger partial charge in [-0.2, -0.15) is 0 Å². The predicted molar refractivity (Wildman–Crippen MR) is 62.9 cm³/mol. The summed E-state index contributed by atoms with van der Waals surface area (Å²) in [6.07, 6.45) is -0.678. The maximum atomic E-state index is 11.7. The van der Waals surface area contributed by atoms with Crippen LogP contribution < -0.4 is 0 Å². The molecule has 1 atom stereocenters. The molecule has 0 unspecified atom stereocenters. The van der Waals surface area contributed by atoms with Crippen molar-refractivity contribution < 1.29 is 24.0 Å². The van der Waals surface area contributed by atoms with Gasteiger partial charge in [-0.05, 0) is 12.1 Å². The molecule has 7 nitrogen and oxygen atoms in total. The van der Waals surface area contributed by atoms with Crippen molar-refractivity contribution in [1.29, 1.82) is 0 Å². The van der Waals surface area contributed by atoms with E-state index in [-0.39, 0.29) is 23.6 Å². The number of carbonyl (C=O) groups is 2. The zero-order valence-electron chi connectivity index (χ0n) is 9.50. The van der Waals surface area contributed by atoms with Crippen LogP contribution in [0.5, 0.6) is 0 Å². The molecule has 1 saturated heterocycles. The van der Waals surface area contributed by atoms with Gasteiger partial charge in [-0.1, -0.05) is 11.6 Å². The lowest BCUT2D eigenvalue weighted by Crippen LogP contribution is -2.22. The van der Waals surface area contributed by atoms with Crippen molar-refractivity contribution in [3.63, 3.8) is 0 Å². The van der Waals surface area contributed by atoms with Crippen molar-refractivity contribution in [3.8, 4) is 0 Å². The van der Waals surface area contributed by atoms with E-state index in [4.69, 9.17) is 16.3 Å². The highest BCUT2D eigenvalue weighted by Crippen LogP contribution is 2.25. The summed E-state index contributed by atoms with van der Waals surface area (Å²) in [5, 5.41) is 10.6. The predicted octanol–water partition coefficient (Wildman–Crippen LogP) is 1.72. The summed E-state index contributed by atoms with van der Waals surface area (Å²) in [6.45, 7) is 0.192. The number of carbonyl (C=O) groups excluding carboxylic acids is 2. The average molecular weight is 286 g/mol. The Morgan fingerprint density at radius 2 is 2.26 bits per heavy atom. The van der Waals surface area contributed by atoms with E-state index in [2.05, 4.69) is 4.74 Å². The van der Waals surface area contributed by atoms with Crippen LogP contribution in [0.3, 0.4) is 0 Å². The van der Waals surface area contributed by atoms with Crippen LogP contribution in [-0.2, 0) is 14.3 Å². The number of nitro groups is 1. The summed E-state index contributed by atoms with van der Waals surface area (Å²) < 4.78 is 9.54. The summed E-state index contributed by atoms with van der Waals surface area (Å²) >= 11 is 5.62. The Morgan fingerprint density at radius 1 is 1.53 bits per heavy atom. The molecule has 0 spiro atoms. The van der Waals surface area contributed by atoms with Crippen LogP contribution in [-0.4, -0.2) is 29.6 Å². The lowest BCUT2D eigenvalue weighted by Gasteiger charge is -2.08. The molecule has 1 fully saturated rings. The average Bonchev–Trinajstić information content (AvgIpc) is 2.75. The lowest BCUT2D eigenvalue weighted by molar-refractivity contribution is -0.384. The van der Waals surface area contributed by atoms with Crippen LogP contribution in [0, 0.1) is 10.1 Å². The van der Waals surface area contributed by atoms with Gasteiger partial charge in [0.2, 0.25) is 6.10 Å². The first-order chi connectivity index (χ1) is 8.99. The van der Waals surface area contributed by atoms with Crippen LogP contribution >= 0.6 is 11.6 Å². The molecule has 0 radical (unpaired) electrons. The molecule has 0 saturated carbocycles. The topological polar surface area (TPSA) is 95.7 Å². The molecule has 0 N–H and O–H groups in total. The van der Waals surface area contributed by atoms with Crippen LogP contribution in [0.4, 0.5) is 5.69 Å². The summed E-state index contributed by atoms with van der Waals surface area (Å²) in [5.74, 6) is -1.44. The molecule has 8 heteroatoms. The first-order valence-corrected chi connectivity index (χ1v) is 5.68. The van der Waals surface area contributed by atoms with Crippen LogP contribution in [0.1, 0.15) is 16.8 Å². The van der Waals surface area contributed by atoms with Crippen LogP contribution in [0.2, 0.25) is 5.02 Å². The molecule has 0 aliphatic carbocycles. The molecular weight excluding hydrogens is 278 g/mol. The minimum atomic E-state index is -0.956. The molecule has 100 valence electrons. The molecule has 0 amide bonds. The number of hydrogen-bond acceptors (Lipinski definition) is 6. The standard InChI is InChI=1S/C11H8ClNO6/c12-7-2-1-6(5-8(7)13(16)17)10(14)19-9-3-4-18-11(9)15/h1-2,5,9H,3-4H2/t9-/m1/s1. The molecule has 0 aromatic heterocycles. The molecule has 1 aliphatic heterocycles. The number of cyclic esters (lactones) is 1. The Bertz CT molecular complexity index is 558. The number of benzene rings is 1. The number of esters is 2. The first-order valence-electron chi connectivity index (χ1n) is 5.30. The fourth-order valence-electron chi connectivity index (χ4n) is 1.56. The third kappa shape index (κ3) is 2.82. The molecule has 19 heavy (non-hydrogen) atoms. The summed E-state index contributed by atoms with van der Waals surface area (Å²) in [4.78, 5) is 32.9. The van der Waals surface area contributed by atoms with Gasteiger partial charge in [-0.15, -0.1) is 0 Å². The molecule has 1 aromatic carbocycles. The van der Waals surface area contributed by atoms with Gasteiger partial charge >= 0.3 is 11.9 Å². The minimum absolute atomic E-state index is 0.0456.